The third kappa shape index (κ3) is 2.90. The molecule has 2 aliphatic heterocycles. The van der Waals surface area contributed by atoms with Crippen LogP contribution in [0.1, 0.15) is 29.0 Å². The molecule has 2 aromatic rings. The Kier molecular flexibility index (Phi) is 4.46. The lowest BCUT2D eigenvalue weighted by Crippen LogP contribution is -2.47. The van der Waals surface area contributed by atoms with Gasteiger partial charge in [0.25, 0.3) is 5.91 Å². The average molecular weight is 381 g/mol. The van der Waals surface area contributed by atoms with Gasteiger partial charge in [-0.1, -0.05) is 22.8 Å². The molecule has 2 saturated heterocycles. The van der Waals surface area contributed by atoms with Gasteiger partial charge >= 0.3 is 0 Å². The molecule has 1 aromatic carbocycles. The molecule has 4 rings (SSSR count). The number of hydrogen-bond acceptors (Lipinski definition) is 5. The van der Waals surface area contributed by atoms with Crippen molar-refractivity contribution in [1.82, 2.24) is 10.1 Å². The number of likely N-dealkylation sites (tertiary alicyclic amines) is 1. The lowest BCUT2D eigenvalue weighted by atomic mass is 10.0. The first-order valence-corrected chi connectivity index (χ1v) is 8.86. The summed E-state index contributed by atoms with van der Waals surface area (Å²) in [6.07, 6.45) is 1.19. The number of carbonyl (C=O) groups excluding carboxylic acids is 1. The van der Waals surface area contributed by atoms with Crippen LogP contribution in [0.5, 0.6) is 0 Å². The Balaban J connectivity index is 1.62. The van der Waals surface area contributed by atoms with E-state index in [2.05, 4.69) is 5.16 Å². The summed E-state index contributed by atoms with van der Waals surface area (Å²) < 4.78 is 30.9. The molecule has 2 aliphatic rings. The zero-order valence-corrected chi connectivity index (χ0v) is 15.0. The number of carbonyl (C=O) groups is 1. The molecule has 138 valence electrons. The van der Waals surface area contributed by atoms with Gasteiger partial charge in [-0.05, 0) is 19.1 Å². The molecule has 0 aliphatic carbocycles. The van der Waals surface area contributed by atoms with Crippen LogP contribution in [0.4, 0.5) is 4.39 Å². The summed E-state index contributed by atoms with van der Waals surface area (Å²) in [6, 6.07) is 4.33. The topological polar surface area (TPSA) is 64.8 Å². The number of halogens is 2. The second kappa shape index (κ2) is 6.64. The Morgan fingerprint density at radius 2 is 1.96 bits per heavy atom. The third-order valence-electron chi connectivity index (χ3n) is 4.90. The van der Waals surface area contributed by atoms with Gasteiger partial charge in [0.1, 0.15) is 22.8 Å². The number of piperidine rings is 1. The highest BCUT2D eigenvalue weighted by Crippen LogP contribution is 2.36. The van der Waals surface area contributed by atoms with Gasteiger partial charge < -0.3 is 18.9 Å². The van der Waals surface area contributed by atoms with E-state index in [1.807, 2.05) is 0 Å². The van der Waals surface area contributed by atoms with Crippen LogP contribution in [0.15, 0.2) is 22.7 Å². The highest BCUT2D eigenvalue weighted by Gasteiger charge is 2.41. The summed E-state index contributed by atoms with van der Waals surface area (Å²) in [5.74, 6) is -1.05. The Morgan fingerprint density at radius 3 is 2.62 bits per heavy atom. The van der Waals surface area contributed by atoms with Crippen molar-refractivity contribution in [3.63, 3.8) is 0 Å². The predicted octanol–water partition coefficient (Wildman–Crippen LogP) is 3.42. The van der Waals surface area contributed by atoms with Crippen molar-refractivity contribution in [2.75, 3.05) is 26.3 Å². The van der Waals surface area contributed by atoms with Crippen molar-refractivity contribution in [3.05, 3.63) is 40.4 Å². The van der Waals surface area contributed by atoms with E-state index in [9.17, 15) is 9.18 Å². The van der Waals surface area contributed by atoms with Gasteiger partial charge in [-0.15, -0.1) is 0 Å². The van der Waals surface area contributed by atoms with Crippen LogP contribution in [0.2, 0.25) is 5.02 Å². The fourth-order valence-electron chi connectivity index (χ4n) is 3.51. The maximum atomic E-state index is 14.3. The fourth-order valence-corrected chi connectivity index (χ4v) is 3.77. The van der Waals surface area contributed by atoms with Gasteiger partial charge in [0.05, 0.1) is 23.8 Å². The molecule has 0 N–H and O–H groups in total. The standard InChI is InChI=1S/C18H18ClFN2O4/c1-11-14(16(21-26-11)15-12(19)3-2-4-13(15)20)17(23)22-7-5-18(6-8-22)24-9-10-25-18/h2-4H,5-10H2,1H3. The van der Waals surface area contributed by atoms with Gasteiger partial charge in [0.2, 0.25) is 0 Å². The molecule has 0 bridgehead atoms. The van der Waals surface area contributed by atoms with Crippen LogP contribution in [-0.2, 0) is 9.47 Å². The molecule has 26 heavy (non-hydrogen) atoms. The number of aromatic nitrogens is 1. The van der Waals surface area contributed by atoms with Crippen LogP contribution in [-0.4, -0.2) is 48.1 Å². The molecule has 0 saturated carbocycles. The van der Waals surface area contributed by atoms with Crippen molar-refractivity contribution in [2.24, 2.45) is 0 Å². The minimum atomic E-state index is -0.571. The van der Waals surface area contributed by atoms with Crippen molar-refractivity contribution in [2.45, 2.75) is 25.6 Å². The molecule has 8 heteroatoms. The predicted molar refractivity (Wildman–Crippen MR) is 91.4 cm³/mol. The normalized spacial score (nSPS) is 19.3. The first-order chi connectivity index (χ1) is 12.5. The highest BCUT2D eigenvalue weighted by atomic mass is 35.5. The molecular weight excluding hydrogens is 363 g/mol. The van der Waals surface area contributed by atoms with Crippen LogP contribution < -0.4 is 0 Å². The maximum Gasteiger partial charge on any atom is 0.259 e. The van der Waals surface area contributed by atoms with E-state index in [0.717, 1.165) is 0 Å². The van der Waals surface area contributed by atoms with Crippen LogP contribution in [0.3, 0.4) is 0 Å². The molecule has 6 nitrogen and oxygen atoms in total. The molecule has 2 fully saturated rings. The Hall–Kier alpha value is -1.96. The van der Waals surface area contributed by atoms with E-state index in [0.29, 0.717) is 44.9 Å². The summed E-state index contributed by atoms with van der Waals surface area (Å²) in [7, 11) is 0. The molecule has 3 heterocycles. The SMILES string of the molecule is Cc1onc(-c2c(F)cccc2Cl)c1C(=O)N1CCC2(CC1)OCCO2. The zero-order valence-electron chi connectivity index (χ0n) is 14.3. The minimum absolute atomic E-state index is 0.0744. The van der Waals surface area contributed by atoms with Crippen LogP contribution in [0, 0.1) is 12.7 Å². The summed E-state index contributed by atoms with van der Waals surface area (Å²) in [4.78, 5) is 14.8. The summed E-state index contributed by atoms with van der Waals surface area (Å²) in [6.45, 7) is 3.75. The molecule has 0 atom stereocenters. The van der Waals surface area contributed by atoms with E-state index in [1.165, 1.54) is 12.1 Å². The van der Waals surface area contributed by atoms with Crippen molar-refractivity contribution < 1.29 is 23.2 Å². The molecular formula is C18H18ClFN2O4. The fraction of sp³-hybridized carbons (Fsp3) is 0.444. The molecule has 0 unspecified atom stereocenters. The lowest BCUT2D eigenvalue weighted by molar-refractivity contribution is -0.181. The third-order valence-corrected chi connectivity index (χ3v) is 5.22. The Morgan fingerprint density at radius 1 is 1.27 bits per heavy atom. The number of ether oxygens (including phenoxy) is 2. The first-order valence-electron chi connectivity index (χ1n) is 8.49. The largest absolute Gasteiger partial charge is 0.360 e. The van der Waals surface area contributed by atoms with E-state index in [-0.39, 0.29) is 27.8 Å². The lowest BCUT2D eigenvalue weighted by Gasteiger charge is -2.37. The molecule has 1 amide bonds. The number of nitrogens with zero attached hydrogens (tertiary/aromatic N) is 2. The maximum absolute atomic E-state index is 14.3. The van der Waals surface area contributed by atoms with Crippen molar-refractivity contribution in [3.8, 4) is 11.3 Å². The van der Waals surface area contributed by atoms with Gasteiger partial charge in [-0.25, -0.2) is 4.39 Å². The second-order valence-corrected chi connectivity index (χ2v) is 6.87. The van der Waals surface area contributed by atoms with E-state index < -0.39 is 11.6 Å². The van der Waals surface area contributed by atoms with Gasteiger partial charge in [0, 0.05) is 25.9 Å². The van der Waals surface area contributed by atoms with E-state index in [1.54, 1.807) is 17.9 Å². The Bertz CT molecular complexity index is 817. The van der Waals surface area contributed by atoms with E-state index in [4.69, 9.17) is 25.6 Å². The van der Waals surface area contributed by atoms with Gasteiger partial charge in [-0.2, -0.15) is 0 Å². The molecule has 1 spiro atoms. The number of hydrogen-bond donors (Lipinski definition) is 0. The second-order valence-electron chi connectivity index (χ2n) is 6.46. The molecule has 1 aromatic heterocycles. The molecule has 0 radical (unpaired) electrons. The van der Waals surface area contributed by atoms with Gasteiger partial charge in [-0.3, -0.25) is 4.79 Å². The smallest absolute Gasteiger partial charge is 0.259 e. The van der Waals surface area contributed by atoms with Crippen molar-refractivity contribution in [1.29, 1.82) is 0 Å². The number of rotatable bonds is 2. The zero-order chi connectivity index (χ0) is 18.3. The number of amides is 1. The van der Waals surface area contributed by atoms with Crippen molar-refractivity contribution >= 4 is 17.5 Å². The average Bonchev–Trinajstić information content (AvgIpc) is 3.22. The minimum Gasteiger partial charge on any atom is -0.360 e. The monoisotopic (exact) mass is 380 g/mol. The van der Waals surface area contributed by atoms with E-state index >= 15 is 0 Å². The van der Waals surface area contributed by atoms with Gasteiger partial charge in [0.15, 0.2) is 5.79 Å². The summed E-state index contributed by atoms with van der Waals surface area (Å²) in [5.41, 5.74) is 0.441. The quantitative estimate of drug-likeness (QED) is 0.798. The Labute approximate surface area is 154 Å². The van der Waals surface area contributed by atoms with Crippen LogP contribution in [0.25, 0.3) is 11.3 Å². The highest BCUT2D eigenvalue weighted by molar-refractivity contribution is 6.33. The number of aryl methyl sites for hydroxylation is 1. The summed E-state index contributed by atoms with van der Waals surface area (Å²) >= 11 is 6.14. The summed E-state index contributed by atoms with van der Waals surface area (Å²) in [5, 5.41) is 4.08. The number of benzene rings is 1. The first kappa shape index (κ1) is 17.5. The van der Waals surface area contributed by atoms with Crippen LogP contribution >= 0.6 is 11.6 Å².